The number of aromatic hydroxyl groups is 1. The van der Waals surface area contributed by atoms with Gasteiger partial charge in [0, 0.05) is 12.3 Å². The van der Waals surface area contributed by atoms with Crippen LogP contribution in [-0.4, -0.2) is 18.5 Å². The van der Waals surface area contributed by atoms with E-state index in [-0.39, 0.29) is 27.2 Å². The number of sulfonamides is 1. The molecule has 106 valence electrons. The molecule has 2 aromatic rings. The van der Waals surface area contributed by atoms with Crippen LogP contribution in [0.15, 0.2) is 41.4 Å². The van der Waals surface area contributed by atoms with Gasteiger partial charge in [0.15, 0.2) is 5.82 Å². The van der Waals surface area contributed by atoms with Gasteiger partial charge < -0.3 is 10.5 Å². The number of phenolic OH excluding ortho intramolecular Hbond substituents is 1. The molecule has 0 unspecified atom stereocenters. The fourth-order valence-electron chi connectivity index (χ4n) is 1.46. The Morgan fingerprint density at radius 3 is 2.65 bits per heavy atom. The molecule has 0 bridgehead atoms. The minimum absolute atomic E-state index is 0.0518. The molecule has 5 N–H and O–H groups in total. The van der Waals surface area contributed by atoms with E-state index in [4.69, 9.17) is 17.4 Å². The highest BCUT2D eigenvalue weighted by molar-refractivity contribution is 7.92. The molecule has 0 aliphatic carbocycles. The van der Waals surface area contributed by atoms with Gasteiger partial charge in [-0.15, -0.1) is 0 Å². The van der Waals surface area contributed by atoms with Gasteiger partial charge in [0.1, 0.15) is 10.6 Å². The molecule has 0 spiro atoms. The number of anilines is 2. The second-order valence-corrected chi connectivity index (χ2v) is 5.89. The zero-order valence-corrected chi connectivity index (χ0v) is 11.6. The highest BCUT2D eigenvalue weighted by atomic mass is 35.5. The Labute approximate surface area is 120 Å². The lowest BCUT2D eigenvalue weighted by molar-refractivity contribution is 0.475. The number of phenols is 1. The van der Waals surface area contributed by atoms with Crippen LogP contribution in [0.2, 0.25) is 5.02 Å². The maximum atomic E-state index is 12.1. The Morgan fingerprint density at radius 2 is 2.05 bits per heavy atom. The lowest BCUT2D eigenvalue weighted by Crippen LogP contribution is -2.14. The molecule has 1 aromatic heterocycles. The van der Waals surface area contributed by atoms with Gasteiger partial charge >= 0.3 is 0 Å². The summed E-state index contributed by atoms with van der Waals surface area (Å²) in [5, 5.41) is 9.38. The summed E-state index contributed by atoms with van der Waals surface area (Å²) < 4.78 is 26.5. The van der Waals surface area contributed by atoms with E-state index in [0.717, 1.165) is 6.20 Å². The quantitative estimate of drug-likeness (QED) is 0.502. The summed E-state index contributed by atoms with van der Waals surface area (Å²) in [6, 6.07) is 6.94. The molecule has 7 nitrogen and oxygen atoms in total. The van der Waals surface area contributed by atoms with Gasteiger partial charge in [-0.1, -0.05) is 17.7 Å². The van der Waals surface area contributed by atoms with Crippen LogP contribution in [0.1, 0.15) is 0 Å². The number of aromatic nitrogens is 1. The summed E-state index contributed by atoms with van der Waals surface area (Å²) in [6.07, 6.45) is 1.12. The molecule has 0 radical (unpaired) electrons. The van der Waals surface area contributed by atoms with E-state index in [1.165, 1.54) is 30.3 Å². The first-order valence-corrected chi connectivity index (χ1v) is 7.22. The highest BCUT2D eigenvalue weighted by Crippen LogP contribution is 2.24. The third kappa shape index (κ3) is 3.10. The van der Waals surface area contributed by atoms with Gasteiger partial charge in [-0.3, -0.25) is 4.72 Å². The van der Waals surface area contributed by atoms with Crippen molar-refractivity contribution in [1.82, 2.24) is 4.98 Å². The standard InChI is InChI=1S/C11H11ClN4O3S/c12-10-5-9(6-14-11(10)15-13)20(18,19)16-7-2-1-3-8(17)4-7/h1-6,16-17H,13H2,(H,14,15). The summed E-state index contributed by atoms with van der Waals surface area (Å²) in [5.41, 5.74) is 2.46. The van der Waals surface area contributed by atoms with E-state index < -0.39 is 10.0 Å². The minimum atomic E-state index is -3.85. The Kier molecular flexibility index (Phi) is 3.98. The average Bonchev–Trinajstić information content (AvgIpc) is 2.38. The number of rotatable bonds is 4. The van der Waals surface area contributed by atoms with E-state index in [9.17, 15) is 13.5 Å². The maximum absolute atomic E-state index is 12.1. The van der Waals surface area contributed by atoms with Crippen molar-refractivity contribution in [2.24, 2.45) is 5.84 Å². The first-order chi connectivity index (χ1) is 9.42. The molecule has 1 heterocycles. The van der Waals surface area contributed by atoms with Crippen molar-refractivity contribution in [3.8, 4) is 5.75 Å². The molecule has 0 atom stereocenters. The fraction of sp³-hybridized carbons (Fsp3) is 0. The molecule has 2 rings (SSSR count). The summed E-state index contributed by atoms with van der Waals surface area (Å²) >= 11 is 5.83. The molecular formula is C11H11ClN4O3S. The van der Waals surface area contributed by atoms with E-state index in [0.29, 0.717) is 0 Å². The lowest BCUT2D eigenvalue weighted by Gasteiger charge is -2.09. The largest absolute Gasteiger partial charge is 0.508 e. The van der Waals surface area contributed by atoms with Crippen LogP contribution >= 0.6 is 11.6 Å². The SMILES string of the molecule is NNc1ncc(S(=O)(=O)Nc2cccc(O)c2)cc1Cl. The lowest BCUT2D eigenvalue weighted by atomic mass is 10.3. The third-order valence-corrected chi connectivity index (χ3v) is 4.00. The zero-order valence-electron chi connectivity index (χ0n) is 10.0. The van der Waals surface area contributed by atoms with Crippen LogP contribution in [0.3, 0.4) is 0 Å². The topological polar surface area (TPSA) is 117 Å². The Bertz CT molecular complexity index is 736. The number of nitrogen functional groups attached to an aromatic ring is 1. The molecule has 0 fully saturated rings. The van der Waals surface area contributed by atoms with Gasteiger partial charge in [-0.2, -0.15) is 0 Å². The van der Waals surface area contributed by atoms with Crippen molar-refractivity contribution in [1.29, 1.82) is 0 Å². The first-order valence-electron chi connectivity index (χ1n) is 5.36. The van der Waals surface area contributed by atoms with Crippen LogP contribution in [0.5, 0.6) is 5.75 Å². The number of nitrogens with one attached hydrogen (secondary N) is 2. The molecule has 1 aromatic carbocycles. The first kappa shape index (κ1) is 14.4. The molecule has 0 aliphatic heterocycles. The molecule has 0 saturated carbocycles. The highest BCUT2D eigenvalue weighted by Gasteiger charge is 2.16. The monoisotopic (exact) mass is 314 g/mol. The smallest absolute Gasteiger partial charge is 0.263 e. The number of hydrazine groups is 1. The van der Waals surface area contributed by atoms with Gasteiger partial charge in [-0.25, -0.2) is 19.2 Å². The maximum Gasteiger partial charge on any atom is 0.263 e. The molecule has 20 heavy (non-hydrogen) atoms. The van der Waals surface area contributed by atoms with E-state index in [1.54, 1.807) is 0 Å². The van der Waals surface area contributed by atoms with Crippen LogP contribution in [0.25, 0.3) is 0 Å². The summed E-state index contributed by atoms with van der Waals surface area (Å²) in [4.78, 5) is 3.67. The van der Waals surface area contributed by atoms with Gasteiger partial charge in [-0.05, 0) is 18.2 Å². The average molecular weight is 315 g/mol. The zero-order chi connectivity index (χ0) is 14.8. The number of hydrogen-bond donors (Lipinski definition) is 4. The summed E-state index contributed by atoms with van der Waals surface area (Å²) in [6.45, 7) is 0. The van der Waals surface area contributed by atoms with Crippen molar-refractivity contribution in [3.63, 3.8) is 0 Å². The van der Waals surface area contributed by atoms with Crippen LogP contribution in [0.4, 0.5) is 11.5 Å². The Balaban J connectivity index is 2.33. The number of pyridine rings is 1. The van der Waals surface area contributed by atoms with Crippen LogP contribution in [0, 0.1) is 0 Å². The Hall–Kier alpha value is -2.03. The normalized spacial score (nSPS) is 11.1. The van der Waals surface area contributed by atoms with Gasteiger partial charge in [0.2, 0.25) is 0 Å². The third-order valence-electron chi connectivity index (χ3n) is 2.36. The number of nitrogens with two attached hydrogens (primary N) is 1. The van der Waals surface area contributed by atoms with E-state index in [1.807, 2.05) is 0 Å². The van der Waals surface area contributed by atoms with Crippen molar-refractivity contribution in [2.75, 3.05) is 10.1 Å². The van der Waals surface area contributed by atoms with E-state index >= 15 is 0 Å². The molecular weight excluding hydrogens is 304 g/mol. The van der Waals surface area contributed by atoms with Gasteiger partial charge in [0.05, 0.1) is 10.7 Å². The van der Waals surface area contributed by atoms with Crippen molar-refractivity contribution < 1.29 is 13.5 Å². The predicted molar refractivity (Wildman–Crippen MR) is 76.0 cm³/mol. The number of nitrogens with zero attached hydrogens (tertiary/aromatic N) is 1. The predicted octanol–water partition coefficient (Wildman–Crippen LogP) is 1.53. The number of halogens is 1. The van der Waals surface area contributed by atoms with Crippen LogP contribution < -0.4 is 16.0 Å². The minimum Gasteiger partial charge on any atom is -0.508 e. The number of benzene rings is 1. The molecule has 0 aliphatic rings. The van der Waals surface area contributed by atoms with Gasteiger partial charge in [0.25, 0.3) is 10.0 Å². The molecule has 9 heteroatoms. The van der Waals surface area contributed by atoms with Crippen LogP contribution in [-0.2, 0) is 10.0 Å². The molecule has 0 saturated heterocycles. The Morgan fingerprint density at radius 1 is 1.30 bits per heavy atom. The second-order valence-electron chi connectivity index (χ2n) is 3.80. The summed E-state index contributed by atoms with van der Waals surface area (Å²) in [7, 11) is -3.85. The van der Waals surface area contributed by atoms with Crippen molar-refractivity contribution in [3.05, 3.63) is 41.6 Å². The summed E-state index contributed by atoms with van der Waals surface area (Å²) in [5.74, 6) is 5.28. The van der Waals surface area contributed by atoms with Crippen molar-refractivity contribution in [2.45, 2.75) is 4.90 Å². The van der Waals surface area contributed by atoms with E-state index in [2.05, 4.69) is 15.1 Å². The number of hydrogen-bond acceptors (Lipinski definition) is 6. The second kappa shape index (κ2) is 5.53. The van der Waals surface area contributed by atoms with Crippen molar-refractivity contribution >= 4 is 33.1 Å². The fourth-order valence-corrected chi connectivity index (χ4v) is 2.76. The molecule has 0 amide bonds.